The van der Waals surface area contributed by atoms with Crippen LogP contribution in [0.25, 0.3) is 0 Å². The number of aliphatic hydroxyl groups is 1. The first-order chi connectivity index (χ1) is 12.0. The predicted octanol–water partition coefficient (Wildman–Crippen LogP) is 3.12. The summed E-state index contributed by atoms with van der Waals surface area (Å²) in [4.78, 5) is 13.2. The van der Waals surface area contributed by atoms with Crippen LogP contribution in [0.2, 0.25) is 0 Å². The van der Waals surface area contributed by atoms with Crippen molar-refractivity contribution in [3.63, 3.8) is 0 Å². The third kappa shape index (κ3) is 3.18. The van der Waals surface area contributed by atoms with Gasteiger partial charge in [0.25, 0.3) is 5.91 Å². The van der Waals surface area contributed by atoms with E-state index in [1.165, 1.54) is 41.9 Å². The maximum atomic E-state index is 13.2. The van der Waals surface area contributed by atoms with Crippen molar-refractivity contribution in [3.8, 4) is 0 Å². The van der Waals surface area contributed by atoms with Crippen LogP contribution in [0.3, 0.4) is 0 Å². The van der Waals surface area contributed by atoms with Gasteiger partial charge in [-0.25, -0.2) is 4.39 Å². The zero-order chi connectivity index (χ0) is 17.6. The van der Waals surface area contributed by atoms with Crippen molar-refractivity contribution in [1.82, 2.24) is 5.32 Å². The van der Waals surface area contributed by atoms with Crippen molar-refractivity contribution in [2.45, 2.75) is 35.8 Å². The summed E-state index contributed by atoms with van der Waals surface area (Å²) in [6.45, 7) is 1.51. The third-order valence-electron chi connectivity index (χ3n) is 5.14. The van der Waals surface area contributed by atoms with Gasteiger partial charge in [0.1, 0.15) is 11.4 Å². The van der Waals surface area contributed by atoms with E-state index in [-0.39, 0.29) is 23.5 Å². The minimum absolute atomic E-state index is 0.119. The molecule has 1 fully saturated rings. The smallest absolute Gasteiger partial charge is 0.252 e. The Morgan fingerprint density at radius 1 is 1.32 bits per heavy atom. The van der Waals surface area contributed by atoms with Gasteiger partial charge in [0.2, 0.25) is 0 Å². The highest BCUT2D eigenvalue weighted by atomic mass is 32.2. The lowest BCUT2D eigenvalue weighted by Gasteiger charge is -2.22. The Balaban J connectivity index is 1.35. The molecule has 5 heteroatoms. The highest BCUT2D eigenvalue weighted by Crippen LogP contribution is 2.56. The van der Waals surface area contributed by atoms with Gasteiger partial charge in [-0.1, -0.05) is 30.3 Å². The average molecular weight is 357 g/mol. The molecule has 0 saturated heterocycles. The number of carbonyl (C=O) groups is 1. The van der Waals surface area contributed by atoms with Crippen molar-refractivity contribution < 1.29 is 14.3 Å². The number of thioether (sulfide) groups is 1. The number of rotatable bonds is 5. The van der Waals surface area contributed by atoms with Gasteiger partial charge in [0, 0.05) is 22.6 Å². The molecule has 1 saturated carbocycles. The maximum absolute atomic E-state index is 13.2. The van der Waals surface area contributed by atoms with E-state index in [1.807, 2.05) is 12.1 Å². The van der Waals surface area contributed by atoms with E-state index < -0.39 is 5.60 Å². The molecule has 1 unspecified atom stereocenters. The molecule has 4 atom stereocenters. The Hall–Kier alpha value is -1.85. The Morgan fingerprint density at radius 2 is 2.12 bits per heavy atom. The molecule has 0 radical (unpaired) electrons. The number of fused-ring (bicyclic) bond motifs is 3. The Bertz CT molecular complexity index is 823. The Morgan fingerprint density at radius 3 is 2.92 bits per heavy atom. The summed E-state index contributed by atoms with van der Waals surface area (Å²) in [7, 11) is 0. The highest BCUT2D eigenvalue weighted by Gasteiger charge is 2.57. The standard InChI is InChI=1S/C20H20FNO2S/c1-20(24,11-25-14-7-4-6-13(21)10-14)19(23)22-18-16-9-12-5-2-3-8-15(12)17(16)18/h2-8,10,16-18,24H,9,11H2,1H3,(H,22,23)/t16-,17+,18+,20?/m0/s1. The molecule has 2 aromatic rings. The van der Waals surface area contributed by atoms with Crippen LogP contribution in [0.4, 0.5) is 4.39 Å². The van der Waals surface area contributed by atoms with Gasteiger partial charge in [-0.15, -0.1) is 11.8 Å². The largest absolute Gasteiger partial charge is 0.379 e. The summed E-state index contributed by atoms with van der Waals surface area (Å²) in [5, 5.41) is 13.5. The fourth-order valence-electron chi connectivity index (χ4n) is 3.70. The Labute approximate surface area is 150 Å². The molecular weight excluding hydrogens is 337 g/mol. The molecule has 130 valence electrons. The molecular formula is C20H20FNO2S. The maximum Gasteiger partial charge on any atom is 0.252 e. The molecule has 0 aromatic heterocycles. The molecule has 2 aromatic carbocycles. The first-order valence-electron chi connectivity index (χ1n) is 8.45. The quantitative estimate of drug-likeness (QED) is 0.809. The van der Waals surface area contributed by atoms with Crippen molar-refractivity contribution >= 4 is 17.7 Å². The zero-order valence-electron chi connectivity index (χ0n) is 13.9. The molecule has 0 spiro atoms. The monoisotopic (exact) mass is 357 g/mol. The van der Waals surface area contributed by atoms with Crippen LogP contribution in [0, 0.1) is 11.7 Å². The second-order valence-corrected chi connectivity index (χ2v) is 8.16. The van der Waals surface area contributed by atoms with Crippen LogP contribution >= 0.6 is 11.8 Å². The summed E-state index contributed by atoms with van der Waals surface area (Å²) in [6, 6.07) is 14.6. The van der Waals surface area contributed by atoms with Crippen LogP contribution in [0.5, 0.6) is 0 Å². The molecule has 2 aliphatic carbocycles. The van der Waals surface area contributed by atoms with Crippen LogP contribution in [0.15, 0.2) is 53.4 Å². The topological polar surface area (TPSA) is 49.3 Å². The SMILES string of the molecule is CC(O)(CSc1cccc(F)c1)C(=O)N[C@@H]1[C@H]2Cc3ccccc3[C@H]21. The summed E-state index contributed by atoms with van der Waals surface area (Å²) in [5.41, 5.74) is 1.20. The van der Waals surface area contributed by atoms with Crippen LogP contribution in [-0.4, -0.2) is 28.4 Å². The van der Waals surface area contributed by atoms with E-state index >= 15 is 0 Å². The number of benzene rings is 2. The van der Waals surface area contributed by atoms with E-state index in [4.69, 9.17) is 0 Å². The lowest BCUT2D eigenvalue weighted by molar-refractivity contribution is -0.136. The van der Waals surface area contributed by atoms with Crippen molar-refractivity contribution in [2.75, 3.05) is 5.75 Å². The summed E-state index contributed by atoms with van der Waals surface area (Å²) >= 11 is 1.28. The van der Waals surface area contributed by atoms with E-state index in [9.17, 15) is 14.3 Å². The predicted molar refractivity (Wildman–Crippen MR) is 96.1 cm³/mol. The van der Waals surface area contributed by atoms with Gasteiger partial charge < -0.3 is 10.4 Å². The van der Waals surface area contributed by atoms with Gasteiger partial charge in [0.05, 0.1) is 0 Å². The molecule has 2 aliphatic rings. The number of amides is 1. The van der Waals surface area contributed by atoms with Crippen molar-refractivity contribution in [2.24, 2.45) is 5.92 Å². The fraction of sp³-hybridized carbons (Fsp3) is 0.350. The summed E-state index contributed by atoms with van der Waals surface area (Å²) in [5.74, 6) is 0.340. The minimum atomic E-state index is -1.49. The van der Waals surface area contributed by atoms with Gasteiger partial charge in [-0.05, 0) is 48.6 Å². The second-order valence-electron chi connectivity index (χ2n) is 7.11. The van der Waals surface area contributed by atoms with E-state index in [1.54, 1.807) is 12.1 Å². The van der Waals surface area contributed by atoms with E-state index in [0.29, 0.717) is 16.7 Å². The highest BCUT2D eigenvalue weighted by molar-refractivity contribution is 7.99. The first-order valence-corrected chi connectivity index (χ1v) is 9.44. The van der Waals surface area contributed by atoms with Crippen molar-refractivity contribution in [3.05, 3.63) is 65.5 Å². The van der Waals surface area contributed by atoms with Crippen molar-refractivity contribution in [1.29, 1.82) is 0 Å². The molecule has 0 bridgehead atoms. The molecule has 0 heterocycles. The van der Waals surface area contributed by atoms with Crippen LogP contribution in [0.1, 0.15) is 24.0 Å². The minimum Gasteiger partial charge on any atom is -0.379 e. The number of hydrogen-bond acceptors (Lipinski definition) is 3. The summed E-state index contributed by atoms with van der Waals surface area (Å²) in [6.07, 6.45) is 0.992. The fourth-order valence-corrected chi connectivity index (χ4v) is 4.65. The van der Waals surface area contributed by atoms with Gasteiger partial charge in [-0.2, -0.15) is 0 Å². The summed E-state index contributed by atoms with van der Waals surface area (Å²) < 4.78 is 13.2. The first kappa shape index (κ1) is 16.6. The van der Waals surface area contributed by atoms with Gasteiger partial charge in [0.15, 0.2) is 0 Å². The number of hydrogen-bond donors (Lipinski definition) is 2. The number of carbonyl (C=O) groups excluding carboxylic acids is 1. The van der Waals surface area contributed by atoms with Crippen LogP contribution in [-0.2, 0) is 11.2 Å². The zero-order valence-corrected chi connectivity index (χ0v) is 14.7. The van der Waals surface area contributed by atoms with Crippen LogP contribution < -0.4 is 5.32 Å². The molecule has 0 aliphatic heterocycles. The average Bonchev–Trinajstić information content (AvgIpc) is 3.10. The third-order valence-corrected chi connectivity index (χ3v) is 6.43. The van der Waals surface area contributed by atoms with E-state index in [0.717, 1.165) is 6.42 Å². The van der Waals surface area contributed by atoms with E-state index in [2.05, 4.69) is 17.4 Å². The van der Waals surface area contributed by atoms with Gasteiger partial charge in [-0.3, -0.25) is 4.79 Å². The molecule has 3 nitrogen and oxygen atoms in total. The van der Waals surface area contributed by atoms with Gasteiger partial charge >= 0.3 is 0 Å². The molecule has 25 heavy (non-hydrogen) atoms. The number of nitrogens with one attached hydrogen (secondary N) is 1. The lowest BCUT2D eigenvalue weighted by atomic mass is 10.0. The molecule has 1 amide bonds. The molecule has 4 rings (SSSR count). The molecule has 2 N–H and O–H groups in total. The normalized spacial score (nSPS) is 25.6. The lowest BCUT2D eigenvalue weighted by Crippen LogP contribution is -2.48. The number of halogens is 1. The second kappa shape index (κ2) is 6.15. The Kier molecular flexibility index (Phi) is 4.08.